The van der Waals surface area contributed by atoms with E-state index < -0.39 is 0 Å². The fourth-order valence-electron chi connectivity index (χ4n) is 4.62. The van der Waals surface area contributed by atoms with Gasteiger partial charge in [0, 0.05) is 37.0 Å². The maximum atomic E-state index is 13.8. The van der Waals surface area contributed by atoms with E-state index in [0.717, 1.165) is 47.5 Å². The van der Waals surface area contributed by atoms with Crippen molar-refractivity contribution in [2.45, 2.75) is 12.5 Å². The third-order valence-corrected chi connectivity index (χ3v) is 6.56. The summed E-state index contributed by atoms with van der Waals surface area (Å²) in [7, 11) is 4.17. The van der Waals surface area contributed by atoms with Crippen LogP contribution in [0.4, 0.5) is 27.3 Å². The van der Waals surface area contributed by atoms with Gasteiger partial charge in [-0.3, -0.25) is 4.79 Å². The second-order valence-corrected chi connectivity index (χ2v) is 9.04. The average Bonchev–Trinajstić information content (AvgIpc) is 3.50. The molecule has 8 nitrogen and oxygen atoms in total. The molecule has 2 N–H and O–H groups in total. The summed E-state index contributed by atoms with van der Waals surface area (Å²) >= 11 is 0. The first-order valence-electron chi connectivity index (χ1n) is 11.8. The highest BCUT2D eigenvalue weighted by Gasteiger charge is 2.25. The van der Waals surface area contributed by atoms with Crippen molar-refractivity contribution in [1.82, 2.24) is 19.5 Å². The van der Waals surface area contributed by atoms with E-state index in [2.05, 4.69) is 51.2 Å². The lowest BCUT2D eigenvalue weighted by atomic mass is 10.1. The molecule has 0 aliphatic carbocycles. The fraction of sp³-hybridized carbons (Fsp3) is 0.222. The Hall–Kier alpha value is -4.24. The molecule has 1 unspecified atom stereocenters. The summed E-state index contributed by atoms with van der Waals surface area (Å²) in [6.45, 7) is 5.59. The molecule has 184 valence electrons. The first kappa shape index (κ1) is 23.5. The Morgan fingerprint density at radius 1 is 1.25 bits per heavy atom. The molecular weight excluding hydrogens is 457 g/mol. The lowest BCUT2D eigenvalue weighted by Crippen LogP contribution is -2.34. The van der Waals surface area contributed by atoms with Crippen LogP contribution in [-0.2, 0) is 4.79 Å². The molecule has 3 heterocycles. The van der Waals surface area contributed by atoms with E-state index in [1.165, 1.54) is 18.2 Å². The van der Waals surface area contributed by atoms with Crippen LogP contribution in [0.25, 0.3) is 16.6 Å². The molecule has 1 aliphatic rings. The topological polar surface area (TPSA) is 77.8 Å². The predicted octanol–water partition coefficient (Wildman–Crippen LogP) is 4.54. The second kappa shape index (κ2) is 9.79. The molecule has 1 atom stereocenters. The largest absolute Gasteiger partial charge is 0.369 e. The SMILES string of the molecule is C=CC(=O)Nc1cc(Nc2cc3c(-c4cccc(F)c4)cnn3cn2)ccc1N(C)C1CCN(C)C1. The summed E-state index contributed by atoms with van der Waals surface area (Å²) in [4.78, 5) is 21.2. The highest BCUT2D eigenvalue weighted by atomic mass is 19.1. The predicted molar refractivity (Wildman–Crippen MR) is 141 cm³/mol. The average molecular weight is 486 g/mol. The van der Waals surface area contributed by atoms with E-state index in [1.807, 2.05) is 30.3 Å². The van der Waals surface area contributed by atoms with Crippen LogP contribution in [0, 0.1) is 5.82 Å². The Labute approximate surface area is 209 Å². The van der Waals surface area contributed by atoms with Crippen LogP contribution in [0.1, 0.15) is 6.42 Å². The highest BCUT2D eigenvalue weighted by molar-refractivity contribution is 6.01. The molecule has 0 saturated carbocycles. The molecule has 0 bridgehead atoms. The van der Waals surface area contributed by atoms with Gasteiger partial charge in [0.15, 0.2) is 0 Å². The Balaban J connectivity index is 1.45. The molecule has 4 aromatic rings. The summed E-state index contributed by atoms with van der Waals surface area (Å²) in [6.07, 6.45) is 5.63. The number of halogens is 1. The number of hydrogen-bond acceptors (Lipinski definition) is 6. The van der Waals surface area contributed by atoms with Crippen LogP contribution in [0.2, 0.25) is 0 Å². The van der Waals surface area contributed by atoms with Crippen molar-refractivity contribution in [3.63, 3.8) is 0 Å². The van der Waals surface area contributed by atoms with Gasteiger partial charge in [-0.05, 0) is 62.0 Å². The van der Waals surface area contributed by atoms with E-state index in [1.54, 1.807) is 23.1 Å². The first-order chi connectivity index (χ1) is 17.4. The van der Waals surface area contributed by atoms with Crippen LogP contribution in [-0.4, -0.2) is 58.6 Å². The molecule has 9 heteroatoms. The number of benzene rings is 2. The minimum absolute atomic E-state index is 0.274. The normalized spacial score (nSPS) is 15.7. The smallest absolute Gasteiger partial charge is 0.247 e. The number of rotatable bonds is 7. The Morgan fingerprint density at radius 2 is 2.11 bits per heavy atom. The number of likely N-dealkylation sites (N-methyl/N-ethyl adjacent to an activating group) is 2. The van der Waals surface area contributed by atoms with E-state index in [4.69, 9.17) is 0 Å². The number of hydrogen-bond donors (Lipinski definition) is 2. The molecule has 1 amide bonds. The zero-order valence-electron chi connectivity index (χ0n) is 20.3. The van der Waals surface area contributed by atoms with Crippen LogP contribution in [0.15, 0.2) is 73.7 Å². The quantitative estimate of drug-likeness (QED) is 0.374. The van der Waals surface area contributed by atoms with Crippen LogP contribution in [0.5, 0.6) is 0 Å². The molecule has 36 heavy (non-hydrogen) atoms. The van der Waals surface area contributed by atoms with Crippen molar-refractivity contribution < 1.29 is 9.18 Å². The third kappa shape index (κ3) is 4.78. The number of nitrogens with one attached hydrogen (secondary N) is 2. The van der Waals surface area contributed by atoms with Gasteiger partial charge in [-0.2, -0.15) is 5.10 Å². The minimum Gasteiger partial charge on any atom is -0.369 e. The molecule has 5 rings (SSSR count). The van der Waals surface area contributed by atoms with Gasteiger partial charge in [-0.1, -0.05) is 18.7 Å². The monoisotopic (exact) mass is 485 g/mol. The fourth-order valence-corrected chi connectivity index (χ4v) is 4.62. The zero-order valence-corrected chi connectivity index (χ0v) is 20.3. The van der Waals surface area contributed by atoms with Gasteiger partial charge in [-0.15, -0.1) is 0 Å². The maximum absolute atomic E-state index is 13.8. The number of anilines is 4. The summed E-state index contributed by atoms with van der Waals surface area (Å²) in [6, 6.07) is 14.5. The van der Waals surface area contributed by atoms with Gasteiger partial charge in [0.05, 0.1) is 23.1 Å². The van der Waals surface area contributed by atoms with Gasteiger partial charge in [0.2, 0.25) is 5.91 Å². The minimum atomic E-state index is -0.303. The van der Waals surface area contributed by atoms with E-state index >= 15 is 0 Å². The number of aromatic nitrogens is 3. The lowest BCUT2D eigenvalue weighted by molar-refractivity contribution is -0.111. The van der Waals surface area contributed by atoms with Crippen molar-refractivity contribution in [3.8, 4) is 11.1 Å². The Morgan fingerprint density at radius 3 is 2.86 bits per heavy atom. The number of carbonyl (C=O) groups excluding carboxylic acids is 1. The molecule has 1 saturated heterocycles. The Kier molecular flexibility index (Phi) is 6.39. The standard InChI is InChI=1S/C27H28FN7O/c1-4-27(36)32-23-13-20(8-9-24(23)34(3)21-10-11-33(2)16-21)31-26-14-25-22(15-30-35(25)17-29-26)18-6-5-7-19(28)12-18/h4-9,12-15,17,21,31H,1,10-11,16H2,2-3H3,(H,32,36). The van der Waals surface area contributed by atoms with Gasteiger partial charge in [0.1, 0.15) is 18.0 Å². The van der Waals surface area contributed by atoms with Gasteiger partial charge < -0.3 is 20.4 Å². The molecule has 1 fully saturated rings. The van der Waals surface area contributed by atoms with E-state index in [0.29, 0.717) is 17.5 Å². The second-order valence-electron chi connectivity index (χ2n) is 9.04. The van der Waals surface area contributed by atoms with Gasteiger partial charge in [0.25, 0.3) is 0 Å². The van der Waals surface area contributed by atoms with E-state index in [-0.39, 0.29) is 11.7 Å². The summed E-state index contributed by atoms with van der Waals surface area (Å²) in [5.74, 6) is 0.0201. The highest BCUT2D eigenvalue weighted by Crippen LogP contribution is 2.33. The zero-order chi connectivity index (χ0) is 25.2. The molecular formula is C27H28FN7O. The Bertz CT molecular complexity index is 1430. The van der Waals surface area contributed by atoms with Crippen molar-refractivity contribution in [1.29, 1.82) is 0 Å². The van der Waals surface area contributed by atoms with E-state index in [9.17, 15) is 9.18 Å². The van der Waals surface area contributed by atoms with Gasteiger partial charge >= 0.3 is 0 Å². The molecule has 2 aromatic heterocycles. The summed E-state index contributed by atoms with van der Waals surface area (Å²) < 4.78 is 15.4. The number of amides is 1. The number of carbonyl (C=O) groups is 1. The van der Waals surface area contributed by atoms with Crippen molar-refractivity contribution in [2.24, 2.45) is 0 Å². The van der Waals surface area contributed by atoms with Crippen molar-refractivity contribution >= 4 is 34.3 Å². The molecule has 1 aliphatic heterocycles. The molecule has 0 spiro atoms. The van der Waals surface area contributed by atoms with Gasteiger partial charge in [-0.25, -0.2) is 13.9 Å². The maximum Gasteiger partial charge on any atom is 0.247 e. The van der Waals surface area contributed by atoms with Crippen LogP contribution in [0.3, 0.4) is 0 Å². The number of fused-ring (bicyclic) bond motifs is 1. The number of likely N-dealkylation sites (tertiary alicyclic amines) is 1. The van der Waals surface area contributed by atoms with Crippen LogP contribution >= 0.6 is 0 Å². The van der Waals surface area contributed by atoms with Crippen molar-refractivity contribution in [3.05, 3.63) is 79.5 Å². The summed E-state index contributed by atoms with van der Waals surface area (Å²) in [5, 5.41) is 10.6. The first-order valence-corrected chi connectivity index (χ1v) is 11.8. The summed E-state index contributed by atoms with van der Waals surface area (Å²) in [5.41, 5.74) is 4.72. The lowest BCUT2D eigenvalue weighted by Gasteiger charge is -2.29. The number of nitrogens with zero attached hydrogens (tertiary/aromatic N) is 5. The molecule has 2 aromatic carbocycles. The molecule has 0 radical (unpaired) electrons. The van der Waals surface area contributed by atoms with Crippen molar-refractivity contribution in [2.75, 3.05) is 42.7 Å². The van der Waals surface area contributed by atoms with Crippen LogP contribution < -0.4 is 15.5 Å². The third-order valence-electron chi connectivity index (χ3n) is 6.56.